The molecule has 0 saturated carbocycles. The quantitative estimate of drug-likeness (QED) is 0.722. The fourth-order valence-corrected chi connectivity index (χ4v) is 1.11. The molecule has 0 N–H and O–H groups in total. The topological polar surface area (TPSA) is 22.1 Å². The van der Waals surface area contributed by atoms with Crippen molar-refractivity contribution in [2.75, 3.05) is 7.11 Å². The zero-order valence-electron chi connectivity index (χ0n) is 7.23. The van der Waals surface area contributed by atoms with Crippen LogP contribution >= 0.6 is 11.6 Å². The maximum Gasteiger partial charge on any atom is 0.433 e. The van der Waals surface area contributed by atoms with E-state index in [9.17, 15) is 13.2 Å². The number of pyridine rings is 1. The molecule has 0 amide bonds. The highest BCUT2D eigenvalue weighted by molar-refractivity contribution is 6.17. The van der Waals surface area contributed by atoms with E-state index >= 15 is 0 Å². The zero-order valence-corrected chi connectivity index (χ0v) is 7.99. The van der Waals surface area contributed by atoms with Crippen LogP contribution in [0.3, 0.4) is 0 Å². The molecule has 1 heterocycles. The lowest BCUT2D eigenvalue weighted by Crippen LogP contribution is -2.08. The van der Waals surface area contributed by atoms with Crippen LogP contribution in [-0.2, 0) is 12.1 Å². The van der Waals surface area contributed by atoms with Crippen molar-refractivity contribution >= 4 is 11.6 Å². The molecule has 1 aromatic rings. The van der Waals surface area contributed by atoms with Crippen molar-refractivity contribution in [3.63, 3.8) is 0 Å². The average Bonchev–Trinajstić information content (AvgIpc) is 2.15. The van der Waals surface area contributed by atoms with E-state index in [1.54, 1.807) is 0 Å². The Morgan fingerprint density at radius 3 is 2.57 bits per heavy atom. The average molecular weight is 226 g/mol. The summed E-state index contributed by atoms with van der Waals surface area (Å²) in [5.41, 5.74) is -0.551. The summed E-state index contributed by atoms with van der Waals surface area (Å²) in [6.07, 6.45) is -3.40. The highest BCUT2D eigenvalue weighted by Gasteiger charge is 2.33. The molecule has 0 fully saturated rings. The van der Waals surface area contributed by atoms with Crippen molar-refractivity contribution in [3.8, 4) is 5.75 Å². The van der Waals surface area contributed by atoms with Gasteiger partial charge in [-0.05, 0) is 0 Å². The third kappa shape index (κ3) is 2.29. The molecular weight excluding hydrogens is 219 g/mol. The first-order valence-corrected chi connectivity index (χ1v) is 4.18. The molecule has 0 aliphatic carbocycles. The Morgan fingerprint density at radius 1 is 1.50 bits per heavy atom. The first-order valence-electron chi connectivity index (χ1n) is 3.65. The van der Waals surface area contributed by atoms with Crippen LogP contribution in [0.1, 0.15) is 11.3 Å². The summed E-state index contributed by atoms with van der Waals surface area (Å²) in [6, 6.07) is 0.831. The van der Waals surface area contributed by atoms with Crippen LogP contribution in [-0.4, -0.2) is 12.1 Å². The van der Waals surface area contributed by atoms with Crippen LogP contribution < -0.4 is 4.74 Å². The van der Waals surface area contributed by atoms with E-state index in [0.717, 1.165) is 12.3 Å². The van der Waals surface area contributed by atoms with Gasteiger partial charge in [0.1, 0.15) is 11.4 Å². The molecule has 78 valence electrons. The molecule has 0 bridgehead atoms. The first-order chi connectivity index (χ1) is 6.49. The Morgan fingerprint density at radius 2 is 2.14 bits per heavy atom. The summed E-state index contributed by atoms with van der Waals surface area (Å²) in [6.45, 7) is 0. The molecular formula is C8H7ClF3NO. The van der Waals surface area contributed by atoms with Gasteiger partial charge < -0.3 is 4.74 Å². The SMILES string of the molecule is COc1cc(C(F)(F)F)ncc1CCl. The Balaban J connectivity index is 3.14. The fourth-order valence-electron chi connectivity index (χ4n) is 0.911. The smallest absolute Gasteiger partial charge is 0.433 e. The molecule has 14 heavy (non-hydrogen) atoms. The van der Waals surface area contributed by atoms with Crippen molar-refractivity contribution in [1.82, 2.24) is 4.98 Å². The van der Waals surface area contributed by atoms with Crippen molar-refractivity contribution in [2.45, 2.75) is 12.1 Å². The number of ether oxygens (including phenoxy) is 1. The lowest BCUT2D eigenvalue weighted by atomic mass is 10.2. The van der Waals surface area contributed by atoms with Gasteiger partial charge in [-0.2, -0.15) is 13.2 Å². The van der Waals surface area contributed by atoms with Gasteiger partial charge in [0, 0.05) is 17.8 Å². The van der Waals surface area contributed by atoms with Crippen LogP contribution in [0, 0.1) is 0 Å². The molecule has 1 rings (SSSR count). The molecule has 6 heteroatoms. The highest BCUT2D eigenvalue weighted by atomic mass is 35.5. The molecule has 1 aromatic heterocycles. The molecule has 0 unspecified atom stereocenters. The number of halogens is 4. The van der Waals surface area contributed by atoms with E-state index in [0.29, 0.717) is 5.56 Å². The number of nitrogens with zero attached hydrogens (tertiary/aromatic N) is 1. The maximum atomic E-state index is 12.2. The van der Waals surface area contributed by atoms with E-state index in [2.05, 4.69) is 4.98 Å². The van der Waals surface area contributed by atoms with Gasteiger partial charge in [0.15, 0.2) is 0 Å². The molecule has 0 atom stereocenters. The minimum atomic E-state index is -4.46. The van der Waals surface area contributed by atoms with Crippen LogP contribution in [0.5, 0.6) is 5.75 Å². The Bertz CT molecular complexity index is 327. The summed E-state index contributed by atoms with van der Waals surface area (Å²) in [5, 5.41) is 0. The van der Waals surface area contributed by atoms with E-state index in [1.165, 1.54) is 7.11 Å². The standard InChI is InChI=1S/C8H7ClF3NO/c1-14-6-2-7(8(10,11)12)13-4-5(6)3-9/h2,4H,3H2,1H3. The number of methoxy groups -OCH3 is 1. The predicted molar refractivity (Wildman–Crippen MR) is 45.3 cm³/mol. The van der Waals surface area contributed by atoms with Gasteiger partial charge in [-0.1, -0.05) is 0 Å². The third-order valence-electron chi connectivity index (χ3n) is 1.60. The van der Waals surface area contributed by atoms with Gasteiger partial charge in [-0.3, -0.25) is 4.98 Å². The minimum Gasteiger partial charge on any atom is -0.496 e. The van der Waals surface area contributed by atoms with Crippen LogP contribution in [0.4, 0.5) is 13.2 Å². The third-order valence-corrected chi connectivity index (χ3v) is 1.89. The van der Waals surface area contributed by atoms with Gasteiger partial charge in [-0.25, -0.2) is 0 Å². The lowest BCUT2D eigenvalue weighted by molar-refractivity contribution is -0.141. The summed E-state index contributed by atoms with van der Waals surface area (Å²) < 4.78 is 41.3. The molecule has 0 spiro atoms. The van der Waals surface area contributed by atoms with Crippen LogP contribution in [0.25, 0.3) is 0 Å². The van der Waals surface area contributed by atoms with E-state index in [4.69, 9.17) is 16.3 Å². The second kappa shape index (κ2) is 4.04. The Kier molecular flexibility index (Phi) is 3.21. The minimum absolute atomic E-state index is 0.0638. The van der Waals surface area contributed by atoms with Gasteiger partial charge in [0.2, 0.25) is 0 Å². The van der Waals surface area contributed by atoms with Gasteiger partial charge in [0.05, 0.1) is 13.0 Å². The van der Waals surface area contributed by atoms with Gasteiger partial charge in [0.25, 0.3) is 0 Å². The maximum absolute atomic E-state index is 12.2. The Hall–Kier alpha value is -0.970. The number of hydrogen-bond acceptors (Lipinski definition) is 2. The summed E-state index contributed by atoms with van der Waals surface area (Å²) in [5.74, 6) is 0.163. The molecule has 0 aromatic carbocycles. The van der Waals surface area contributed by atoms with Crippen molar-refractivity contribution in [3.05, 3.63) is 23.5 Å². The van der Waals surface area contributed by atoms with Crippen molar-refractivity contribution in [1.29, 1.82) is 0 Å². The molecule has 0 saturated heterocycles. The monoisotopic (exact) mass is 225 g/mol. The largest absolute Gasteiger partial charge is 0.496 e. The summed E-state index contributed by atoms with van der Waals surface area (Å²) >= 11 is 5.48. The zero-order chi connectivity index (χ0) is 10.8. The van der Waals surface area contributed by atoms with E-state index in [1.807, 2.05) is 0 Å². The second-order valence-corrected chi connectivity index (χ2v) is 2.78. The van der Waals surface area contributed by atoms with Gasteiger partial charge >= 0.3 is 6.18 Å². The molecule has 2 nitrogen and oxygen atoms in total. The van der Waals surface area contributed by atoms with Crippen molar-refractivity contribution < 1.29 is 17.9 Å². The number of hydrogen-bond donors (Lipinski definition) is 0. The lowest BCUT2D eigenvalue weighted by Gasteiger charge is -2.09. The Labute approximate surface area is 83.7 Å². The predicted octanol–water partition coefficient (Wildman–Crippen LogP) is 2.85. The number of aromatic nitrogens is 1. The summed E-state index contributed by atoms with van der Waals surface area (Å²) in [4.78, 5) is 3.24. The molecule has 0 aliphatic rings. The normalized spacial score (nSPS) is 11.5. The van der Waals surface area contributed by atoms with Crippen molar-refractivity contribution in [2.24, 2.45) is 0 Å². The second-order valence-electron chi connectivity index (χ2n) is 2.51. The molecule has 0 radical (unpaired) electrons. The van der Waals surface area contributed by atoms with Crippen LogP contribution in [0.2, 0.25) is 0 Å². The van der Waals surface area contributed by atoms with E-state index in [-0.39, 0.29) is 11.6 Å². The number of rotatable bonds is 2. The number of alkyl halides is 4. The molecule has 0 aliphatic heterocycles. The first kappa shape index (κ1) is 11.1. The van der Waals surface area contributed by atoms with E-state index < -0.39 is 11.9 Å². The summed E-state index contributed by atoms with van der Waals surface area (Å²) in [7, 11) is 1.28. The van der Waals surface area contributed by atoms with Gasteiger partial charge in [-0.15, -0.1) is 11.6 Å². The fraction of sp³-hybridized carbons (Fsp3) is 0.375. The highest BCUT2D eigenvalue weighted by Crippen LogP contribution is 2.31. The van der Waals surface area contributed by atoms with Crippen LogP contribution in [0.15, 0.2) is 12.3 Å².